The molecule has 170 valence electrons. The molecule has 0 amide bonds. The summed E-state index contributed by atoms with van der Waals surface area (Å²) in [5, 5.41) is 13.7. The molecule has 1 unspecified atom stereocenters. The van der Waals surface area contributed by atoms with E-state index in [1.165, 1.54) is 6.42 Å². The number of ether oxygens (including phenoxy) is 1. The maximum atomic E-state index is 13.3. The first-order chi connectivity index (χ1) is 16.1. The summed E-state index contributed by atoms with van der Waals surface area (Å²) >= 11 is 0. The number of hydrogen-bond donors (Lipinski definition) is 1. The number of nitrogens with zero attached hydrogens (tertiary/aromatic N) is 5. The van der Waals surface area contributed by atoms with Crippen molar-refractivity contribution in [2.24, 2.45) is 0 Å². The summed E-state index contributed by atoms with van der Waals surface area (Å²) in [7, 11) is 1.65. The quantitative estimate of drug-likeness (QED) is 0.490. The van der Waals surface area contributed by atoms with E-state index in [1.54, 1.807) is 11.8 Å². The van der Waals surface area contributed by atoms with Gasteiger partial charge in [-0.05, 0) is 84.6 Å². The van der Waals surface area contributed by atoms with Gasteiger partial charge in [0, 0.05) is 11.1 Å². The molecule has 1 aliphatic heterocycles. The van der Waals surface area contributed by atoms with Crippen molar-refractivity contribution in [3.8, 4) is 5.75 Å². The molecule has 0 spiro atoms. The minimum absolute atomic E-state index is 0.0964. The molecule has 33 heavy (non-hydrogen) atoms. The Labute approximate surface area is 192 Å². The molecule has 0 radical (unpaired) electrons. The van der Waals surface area contributed by atoms with Crippen LogP contribution >= 0.6 is 0 Å². The predicted octanol–water partition coefficient (Wildman–Crippen LogP) is 3.46. The molecule has 1 atom stereocenters. The highest BCUT2D eigenvalue weighted by molar-refractivity contribution is 5.79. The van der Waals surface area contributed by atoms with Crippen LogP contribution in [0.4, 0.5) is 0 Å². The van der Waals surface area contributed by atoms with Crippen LogP contribution in [-0.4, -0.2) is 50.3 Å². The first kappa shape index (κ1) is 21.3. The zero-order valence-corrected chi connectivity index (χ0v) is 19.0. The summed E-state index contributed by atoms with van der Waals surface area (Å²) in [4.78, 5) is 18.7. The molecule has 5 rings (SSSR count). The van der Waals surface area contributed by atoms with Crippen LogP contribution in [0.3, 0.4) is 0 Å². The van der Waals surface area contributed by atoms with Crippen LogP contribution < -0.4 is 10.3 Å². The second kappa shape index (κ2) is 9.15. The van der Waals surface area contributed by atoms with Crippen molar-refractivity contribution >= 4 is 10.9 Å². The molecule has 1 aliphatic rings. The highest BCUT2D eigenvalue weighted by Gasteiger charge is 2.31. The molecule has 3 heterocycles. The average molecular weight is 445 g/mol. The number of aromatic nitrogens is 5. The van der Waals surface area contributed by atoms with Gasteiger partial charge in [-0.3, -0.25) is 9.69 Å². The fraction of sp³-hybridized carbons (Fsp3) is 0.360. The highest BCUT2D eigenvalue weighted by Crippen LogP contribution is 2.29. The number of fused-ring (bicyclic) bond motifs is 1. The number of hydrogen-bond acceptors (Lipinski definition) is 6. The molecule has 8 nitrogen and oxygen atoms in total. The topological polar surface area (TPSA) is 88.9 Å². The lowest BCUT2D eigenvalue weighted by Gasteiger charge is -2.33. The molecule has 2 aromatic heterocycles. The average Bonchev–Trinajstić information content (AvgIpc) is 3.28. The number of rotatable bonds is 6. The second-order valence-corrected chi connectivity index (χ2v) is 8.69. The summed E-state index contributed by atoms with van der Waals surface area (Å²) in [5.74, 6) is 1.49. The van der Waals surface area contributed by atoms with Crippen molar-refractivity contribution in [2.75, 3.05) is 20.2 Å². The lowest BCUT2D eigenvalue weighted by Crippen LogP contribution is -2.38. The number of nitrogens with one attached hydrogen (secondary N) is 1. The molecule has 0 saturated carbocycles. The fourth-order valence-corrected chi connectivity index (χ4v) is 4.65. The second-order valence-electron chi connectivity index (χ2n) is 8.69. The summed E-state index contributed by atoms with van der Waals surface area (Å²) in [6.45, 7) is 4.39. The van der Waals surface area contributed by atoms with E-state index in [9.17, 15) is 4.79 Å². The Morgan fingerprint density at radius 2 is 1.85 bits per heavy atom. The van der Waals surface area contributed by atoms with E-state index < -0.39 is 0 Å². The largest absolute Gasteiger partial charge is 0.497 e. The van der Waals surface area contributed by atoms with E-state index in [2.05, 4.69) is 38.4 Å². The Hall–Kier alpha value is -3.52. The first-order valence-electron chi connectivity index (χ1n) is 11.4. The lowest BCUT2D eigenvalue weighted by atomic mass is 10.00. The normalized spacial score (nSPS) is 15.6. The predicted molar refractivity (Wildman–Crippen MR) is 126 cm³/mol. The smallest absolute Gasteiger partial charge is 0.253 e. The van der Waals surface area contributed by atoms with Gasteiger partial charge in [0.15, 0.2) is 5.82 Å². The molecule has 0 bridgehead atoms. The molecule has 0 aliphatic carbocycles. The van der Waals surface area contributed by atoms with Gasteiger partial charge in [0.25, 0.3) is 5.56 Å². The van der Waals surface area contributed by atoms with Crippen LogP contribution in [0, 0.1) is 6.92 Å². The number of benzene rings is 2. The number of aryl methyl sites for hydroxylation is 1. The molecule has 8 heteroatoms. The van der Waals surface area contributed by atoms with Gasteiger partial charge < -0.3 is 9.72 Å². The van der Waals surface area contributed by atoms with Crippen LogP contribution in [0.5, 0.6) is 5.75 Å². The Morgan fingerprint density at radius 3 is 2.61 bits per heavy atom. The van der Waals surface area contributed by atoms with Gasteiger partial charge in [0.2, 0.25) is 0 Å². The minimum Gasteiger partial charge on any atom is -0.497 e. The SMILES string of the molecule is COc1ccc(Cn2nnnc2C(c2cc3cc(C)ccc3[nH]c2=O)N2CCCCC2)cc1. The van der Waals surface area contributed by atoms with Gasteiger partial charge in [-0.25, -0.2) is 4.68 Å². The van der Waals surface area contributed by atoms with Crippen LogP contribution in [-0.2, 0) is 6.54 Å². The van der Waals surface area contributed by atoms with Crippen molar-refractivity contribution in [3.63, 3.8) is 0 Å². The molecule has 2 aromatic carbocycles. The zero-order valence-electron chi connectivity index (χ0n) is 19.0. The maximum Gasteiger partial charge on any atom is 0.253 e. The number of piperidine rings is 1. The van der Waals surface area contributed by atoms with E-state index in [0.29, 0.717) is 17.9 Å². The third-order valence-corrected chi connectivity index (χ3v) is 6.37. The van der Waals surface area contributed by atoms with Crippen LogP contribution in [0.15, 0.2) is 53.3 Å². The molecule has 4 aromatic rings. The third-order valence-electron chi connectivity index (χ3n) is 6.37. The van der Waals surface area contributed by atoms with Gasteiger partial charge in [-0.1, -0.05) is 30.2 Å². The van der Waals surface area contributed by atoms with Gasteiger partial charge in [0.1, 0.15) is 11.8 Å². The van der Waals surface area contributed by atoms with Gasteiger partial charge in [-0.2, -0.15) is 0 Å². The zero-order chi connectivity index (χ0) is 22.8. The maximum absolute atomic E-state index is 13.3. The summed E-state index contributed by atoms with van der Waals surface area (Å²) < 4.78 is 7.07. The van der Waals surface area contributed by atoms with Crippen molar-refractivity contribution in [1.29, 1.82) is 0 Å². The number of aromatic amines is 1. The van der Waals surface area contributed by atoms with Crippen molar-refractivity contribution < 1.29 is 4.74 Å². The number of H-pyrrole nitrogens is 1. The van der Waals surface area contributed by atoms with Crippen molar-refractivity contribution in [1.82, 2.24) is 30.1 Å². The van der Waals surface area contributed by atoms with Gasteiger partial charge in [-0.15, -0.1) is 5.10 Å². The molecule has 1 N–H and O–H groups in total. The van der Waals surface area contributed by atoms with E-state index in [1.807, 2.05) is 42.5 Å². The third kappa shape index (κ3) is 4.39. The number of likely N-dealkylation sites (tertiary alicyclic amines) is 1. The van der Waals surface area contributed by atoms with Gasteiger partial charge >= 0.3 is 0 Å². The number of pyridine rings is 1. The van der Waals surface area contributed by atoms with Crippen molar-refractivity contribution in [3.05, 3.63) is 81.4 Å². The van der Waals surface area contributed by atoms with Crippen LogP contribution in [0.1, 0.15) is 47.8 Å². The number of methoxy groups -OCH3 is 1. The molecular weight excluding hydrogens is 416 g/mol. The van der Waals surface area contributed by atoms with Crippen molar-refractivity contribution in [2.45, 2.75) is 38.8 Å². The molecule has 1 saturated heterocycles. The lowest BCUT2D eigenvalue weighted by molar-refractivity contribution is 0.177. The Balaban J connectivity index is 1.58. The van der Waals surface area contributed by atoms with Gasteiger partial charge in [0.05, 0.1) is 13.7 Å². The Morgan fingerprint density at radius 1 is 1.06 bits per heavy atom. The Bertz CT molecular complexity index is 1300. The highest BCUT2D eigenvalue weighted by atomic mass is 16.5. The van der Waals surface area contributed by atoms with Crippen LogP contribution in [0.25, 0.3) is 10.9 Å². The van der Waals surface area contributed by atoms with E-state index in [-0.39, 0.29) is 11.6 Å². The molecular formula is C25H28N6O2. The van der Waals surface area contributed by atoms with E-state index in [4.69, 9.17) is 4.74 Å². The first-order valence-corrected chi connectivity index (χ1v) is 11.4. The minimum atomic E-state index is -0.313. The monoisotopic (exact) mass is 444 g/mol. The fourth-order valence-electron chi connectivity index (χ4n) is 4.65. The summed E-state index contributed by atoms with van der Waals surface area (Å²) in [6, 6.07) is 15.6. The van der Waals surface area contributed by atoms with E-state index in [0.717, 1.165) is 53.7 Å². The standard InChI is InChI=1S/C25H28N6O2/c1-17-6-11-22-19(14-17)15-21(25(32)26-22)23(30-12-4-3-5-13-30)24-27-28-29-31(24)16-18-7-9-20(33-2)10-8-18/h6-11,14-15,23H,3-5,12-13,16H2,1-2H3,(H,26,32). The molecule has 1 fully saturated rings. The Kier molecular flexibility index (Phi) is 5.92. The van der Waals surface area contributed by atoms with E-state index >= 15 is 0 Å². The van der Waals surface area contributed by atoms with Crippen LogP contribution in [0.2, 0.25) is 0 Å². The summed E-state index contributed by atoms with van der Waals surface area (Å²) in [6.07, 6.45) is 3.40. The summed E-state index contributed by atoms with van der Waals surface area (Å²) in [5.41, 5.74) is 3.63. The number of tetrazole rings is 1.